The number of carbonyl (C=O) groups is 1. The Labute approximate surface area is 201 Å². The normalized spacial score (nSPS) is 11.2. The molecule has 0 aliphatic heterocycles. The highest BCUT2D eigenvalue weighted by Gasteiger charge is 2.28. The summed E-state index contributed by atoms with van der Waals surface area (Å²) in [4.78, 5) is 12.9. The first-order valence-electron chi connectivity index (χ1n) is 10.8. The Morgan fingerprint density at radius 1 is 0.909 bits per heavy atom. The molecule has 0 atom stereocenters. The molecule has 0 heterocycles. The van der Waals surface area contributed by atoms with E-state index in [1.807, 2.05) is 38.1 Å². The number of sulfonamides is 1. The van der Waals surface area contributed by atoms with E-state index < -0.39 is 10.0 Å². The lowest BCUT2D eigenvalue weighted by molar-refractivity contribution is -0.119. The highest BCUT2D eigenvalue weighted by Crippen LogP contribution is 2.27. The summed E-state index contributed by atoms with van der Waals surface area (Å²) in [6.45, 7) is 6.10. The summed E-state index contributed by atoms with van der Waals surface area (Å²) in [5.74, 6) is 1.29. The number of carbonyl (C=O) groups excluding carboxylic acids is 1. The summed E-state index contributed by atoms with van der Waals surface area (Å²) in [6.07, 6.45) is 0. The largest absolute Gasteiger partial charge is 0.354 e. The van der Waals surface area contributed by atoms with Crippen molar-refractivity contribution in [1.29, 1.82) is 0 Å². The maximum Gasteiger partial charge on any atom is 0.264 e. The van der Waals surface area contributed by atoms with Gasteiger partial charge in [-0.1, -0.05) is 60.2 Å². The van der Waals surface area contributed by atoms with Gasteiger partial charge in [-0.15, -0.1) is 0 Å². The maximum atomic E-state index is 13.4. The van der Waals surface area contributed by atoms with Crippen LogP contribution in [0.15, 0.2) is 77.7 Å². The average Bonchev–Trinajstić information content (AvgIpc) is 2.79. The van der Waals surface area contributed by atoms with Crippen LogP contribution in [0.4, 0.5) is 5.69 Å². The quantitative estimate of drug-likeness (QED) is 0.419. The van der Waals surface area contributed by atoms with E-state index in [4.69, 9.17) is 0 Å². The smallest absolute Gasteiger partial charge is 0.264 e. The fourth-order valence-corrected chi connectivity index (χ4v) is 5.95. The molecule has 0 saturated heterocycles. The third-order valence-corrected chi connectivity index (χ3v) is 8.11. The monoisotopic (exact) mass is 482 g/mol. The number of anilines is 1. The van der Waals surface area contributed by atoms with Crippen LogP contribution >= 0.6 is 11.8 Å². The van der Waals surface area contributed by atoms with Crippen molar-refractivity contribution in [1.82, 2.24) is 5.32 Å². The molecule has 33 heavy (non-hydrogen) atoms. The van der Waals surface area contributed by atoms with E-state index in [1.54, 1.807) is 48.2 Å². The molecule has 1 amide bonds. The van der Waals surface area contributed by atoms with Crippen LogP contribution in [0, 0.1) is 20.8 Å². The molecular weight excluding hydrogens is 452 g/mol. The molecule has 0 fully saturated rings. The van der Waals surface area contributed by atoms with Crippen LogP contribution in [0.2, 0.25) is 0 Å². The standard InChI is InChI=1S/C26H30N2O3S2/c1-20-13-14-25(22(3)17-20)28(33(30,31)24-11-5-4-6-12-24)18-26(29)27-15-16-32-19-23-10-8-7-9-21(23)2/h4-14,17H,15-16,18-19H2,1-3H3,(H,27,29). The lowest BCUT2D eigenvalue weighted by atomic mass is 10.1. The van der Waals surface area contributed by atoms with Crippen LogP contribution in [-0.2, 0) is 20.6 Å². The Kier molecular flexibility index (Phi) is 8.58. The molecule has 174 valence electrons. The summed E-state index contributed by atoms with van der Waals surface area (Å²) in [5, 5.41) is 2.87. The van der Waals surface area contributed by atoms with Gasteiger partial charge in [-0.3, -0.25) is 9.10 Å². The van der Waals surface area contributed by atoms with Gasteiger partial charge in [0.2, 0.25) is 5.91 Å². The molecule has 0 aliphatic rings. The Morgan fingerprint density at radius 3 is 2.30 bits per heavy atom. The fourth-order valence-electron chi connectivity index (χ4n) is 3.51. The number of aryl methyl sites for hydroxylation is 3. The molecule has 1 N–H and O–H groups in total. The number of hydrogen-bond acceptors (Lipinski definition) is 4. The van der Waals surface area contributed by atoms with E-state index >= 15 is 0 Å². The third-order valence-electron chi connectivity index (χ3n) is 5.33. The van der Waals surface area contributed by atoms with Crippen molar-refractivity contribution < 1.29 is 13.2 Å². The second kappa shape index (κ2) is 11.4. The van der Waals surface area contributed by atoms with Crippen LogP contribution in [0.3, 0.4) is 0 Å². The first kappa shape index (κ1) is 24.9. The zero-order chi connectivity index (χ0) is 23.8. The van der Waals surface area contributed by atoms with Gasteiger partial charge in [-0.25, -0.2) is 8.42 Å². The Morgan fingerprint density at radius 2 is 1.61 bits per heavy atom. The molecule has 5 nitrogen and oxygen atoms in total. The predicted octanol–water partition coefficient (Wildman–Crippen LogP) is 4.86. The zero-order valence-corrected chi connectivity index (χ0v) is 20.9. The summed E-state index contributed by atoms with van der Waals surface area (Å²) >= 11 is 1.74. The van der Waals surface area contributed by atoms with E-state index in [-0.39, 0.29) is 17.3 Å². The van der Waals surface area contributed by atoms with Gasteiger partial charge in [0.25, 0.3) is 10.0 Å². The van der Waals surface area contributed by atoms with Crippen molar-refractivity contribution in [2.24, 2.45) is 0 Å². The number of nitrogens with zero attached hydrogens (tertiary/aromatic N) is 1. The van der Waals surface area contributed by atoms with Gasteiger partial charge in [-0.2, -0.15) is 11.8 Å². The van der Waals surface area contributed by atoms with E-state index in [2.05, 4.69) is 24.4 Å². The predicted molar refractivity (Wildman–Crippen MR) is 137 cm³/mol. The van der Waals surface area contributed by atoms with E-state index in [0.717, 1.165) is 22.6 Å². The van der Waals surface area contributed by atoms with Crippen LogP contribution < -0.4 is 9.62 Å². The maximum absolute atomic E-state index is 13.4. The number of rotatable bonds is 10. The van der Waals surface area contributed by atoms with Crippen molar-refractivity contribution in [2.75, 3.05) is 23.1 Å². The second-order valence-electron chi connectivity index (χ2n) is 7.94. The van der Waals surface area contributed by atoms with E-state index in [1.165, 1.54) is 15.4 Å². The van der Waals surface area contributed by atoms with Crippen LogP contribution in [-0.4, -0.2) is 33.2 Å². The Balaban J connectivity index is 1.67. The van der Waals surface area contributed by atoms with Crippen molar-refractivity contribution in [3.63, 3.8) is 0 Å². The third kappa shape index (κ3) is 6.62. The lowest BCUT2D eigenvalue weighted by Crippen LogP contribution is -2.41. The van der Waals surface area contributed by atoms with Gasteiger partial charge in [0.1, 0.15) is 6.54 Å². The molecule has 0 aromatic heterocycles. The second-order valence-corrected chi connectivity index (χ2v) is 10.9. The molecule has 0 spiro atoms. The summed E-state index contributed by atoms with van der Waals surface area (Å²) in [5.41, 5.74) is 4.88. The molecule has 3 aromatic carbocycles. The molecule has 0 unspecified atom stereocenters. The van der Waals surface area contributed by atoms with Gasteiger partial charge < -0.3 is 5.32 Å². The van der Waals surface area contributed by atoms with Crippen molar-refractivity contribution in [3.05, 3.63) is 95.1 Å². The minimum Gasteiger partial charge on any atom is -0.354 e. The Bertz CT molecular complexity index is 1200. The average molecular weight is 483 g/mol. The summed E-state index contributed by atoms with van der Waals surface area (Å²) in [7, 11) is -3.89. The SMILES string of the molecule is Cc1ccc(N(CC(=O)NCCSCc2ccccc2C)S(=O)(=O)c2ccccc2)c(C)c1. The molecule has 0 bridgehead atoms. The molecule has 0 aliphatic carbocycles. The highest BCUT2D eigenvalue weighted by atomic mass is 32.2. The fraction of sp³-hybridized carbons (Fsp3) is 0.269. The van der Waals surface area contributed by atoms with E-state index in [0.29, 0.717) is 12.2 Å². The van der Waals surface area contributed by atoms with Gasteiger partial charge in [0.05, 0.1) is 10.6 Å². The van der Waals surface area contributed by atoms with Gasteiger partial charge >= 0.3 is 0 Å². The Hall–Kier alpha value is -2.77. The van der Waals surface area contributed by atoms with Crippen molar-refractivity contribution in [2.45, 2.75) is 31.4 Å². The first-order valence-corrected chi connectivity index (χ1v) is 13.4. The van der Waals surface area contributed by atoms with Gasteiger partial charge in [0, 0.05) is 18.1 Å². The molecule has 0 saturated carbocycles. The number of amides is 1. The minimum atomic E-state index is -3.89. The molecule has 7 heteroatoms. The highest BCUT2D eigenvalue weighted by molar-refractivity contribution is 7.98. The number of nitrogens with one attached hydrogen (secondary N) is 1. The summed E-state index contributed by atoms with van der Waals surface area (Å²) < 4.78 is 28.0. The topological polar surface area (TPSA) is 66.5 Å². The zero-order valence-electron chi connectivity index (χ0n) is 19.2. The van der Waals surface area contributed by atoms with Crippen molar-refractivity contribution in [3.8, 4) is 0 Å². The molecular formula is C26H30N2O3S2. The lowest BCUT2D eigenvalue weighted by Gasteiger charge is -2.26. The van der Waals surface area contributed by atoms with Crippen LogP contribution in [0.1, 0.15) is 22.3 Å². The molecule has 0 radical (unpaired) electrons. The minimum absolute atomic E-state index is 0.159. The van der Waals surface area contributed by atoms with Crippen molar-refractivity contribution >= 4 is 33.4 Å². The van der Waals surface area contributed by atoms with Crippen LogP contribution in [0.5, 0.6) is 0 Å². The molecule has 3 aromatic rings. The summed E-state index contributed by atoms with van der Waals surface area (Å²) in [6, 6.07) is 22.0. The molecule has 3 rings (SSSR count). The van der Waals surface area contributed by atoms with Gasteiger partial charge in [0.15, 0.2) is 0 Å². The van der Waals surface area contributed by atoms with Gasteiger partial charge in [-0.05, 0) is 55.7 Å². The van der Waals surface area contributed by atoms with E-state index in [9.17, 15) is 13.2 Å². The van der Waals surface area contributed by atoms with Crippen LogP contribution in [0.25, 0.3) is 0 Å². The number of thioether (sulfide) groups is 1. The number of hydrogen-bond donors (Lipinski definition) is 1. The first-order chi connectivity index (χ1) is 15.8. The number of benzene rings is 3.